The summed E-state index contributed by atoms with van der Waals surface area (Å²) in [5.74, 6) is 0.216. The number of nitrogens with one attached hydrogen (secondary N) is 1. The van der Waals surface area contributed by atoms with Gasteiger partial charge >= 0.3 is 0 Å². The molecular weight excluding hydrogens is 380 g/mol. The van der Waals surface area contributed by atoms with Gasteiger partial charge in [-0.15, -0.1) is 0 Å². The first-order chi connectivity index (χ1) is 15.3. The van der Waals surface area contributed by atoms with Crippen LogP contribution in [0.15, 0.2) is 115 Å². The van der Waals surface area contributed by atoms with Gasteiger partial charge in [-0.25, -0.2) is 4.98 Å². The molecule has 1 N–H and O–H groups in total. The lowest BCUT2D eigenvalue weighted by molar-refractivity contribution is 0.103. The van der Waals surface area contributed by atoms with Gasteiger partial charge in [-0.2, -0.15) is 0 Å². The van der Waals surface area contributed by atoms with E-state index in [0.717, 1.165) is 33.5 Å². The summed E-state index contributed by atoms with van der Waals surface area (Å²) in [7, 11) is 0. The first-order valence-corrected chi connectivity index (χ1v) is 10.2. The normalized spacial score (nSPS) is 10.7. The second-order valence-corrected chi connectivity index (χ2v) is 7.33. The van der Waals surface area contributed by atoms with Crippen LogP contribution in [0.4, 0.5) is 0 Å². The lowest BCUT2D eigenvalue weighted by Crippen LogP contribution is -2.03. The number of carbonyl (C=O) groups excluding carboxylic acids is 1. The van der Waals surface area contributed by atoms with Crippen LogP contribution in [0.2, 0.25) is 0 Å². The first kappa shape index (κ1) is 18.8. The number of benzene rings is 4. The third-order valence-electron chi connectivity index (χ3n) is 5.35. The molecule has 0 amide bonds. The quantitative estimate of drug-likeness (QED) is 0.336. The van der Waals surface area contributed by atoms with Crippen molar-refractivity contribution in [3.8, 4) is 33.5 Å². The van der Waals surface area contributed by atoms with Crippen molar-refractivity contribution < 1.29 is 4.79 Å². The molecule has 0 fully saturated rings. The van der Waals surface area contributed by atoms with Crippen molar-refractivity contribution in [3.05, 3.63) is 127 Å². The zero-order chi connectivity index (χ0) is 21.0. The Kier molecular flexibility index (Phi) is 4.99. The molecule has 5 aromatic rings. The van der Waals surface area contributed by atoms with E-state index in [4.69, 9.17) is 0 Å². The molecule has 0 aliphatic rings. The number of nitrogens with zero attached hydrogens (tertiary/aromatic N) is 1. The smallest absolute Gasteiger partial charge is 0.228 e. The highest BCUT2D eigenvalue weighted by Crippen LogP contribution is 2.31. The third-order valence-corrected chi connectivity index (χ3v) is 5.35. The van der Waals surface area contributed by atoms with E-state index in [1.165, 1.54) is 0 Å². The molecule has 0 atom stereocenters. The number of H-pyrrole nitrogens is 1. The van der Waals surface area contributed by atoms with E-state index in [9.17, 15) is 4.79 Å². The van der Waals surface area contributed by atoms with Crippen LogP contribution in [0.25, 0.3) is 33.5 Å². The standard InChI is InChI=1S/C28H20N2O/c31-27(23-17-15-21(16-18-23)20-9-3-1-4-10-20)28-29-19-26(30-28)25-14-8-7-13-24(25)22-11-5-2-6-12-22/h1-19H,(H,29,30). The van der Waals surface area contributed by atoms with Crippen molar-refractivity contribution in [2.24, 2.45) is 0 Å². The Bertz CT molecular complexity index is 1320. The van der Waals surface area contributed by atoms with E-state index >= 15 is 0 Å². The first-order valence-electron chi connectivity index (χ1n) is 10.2. The van der Waals surface area contributed by atoms with Gasteiger partial charge in [-0.05, 0) is 22.3 Å². The number of hydrogen-bond donors (Lipinski definition) is 1. The van der Waals surface area contributed by atoms with E-state index < -0.39 is 0 Å². The maximum atomic E-state index is 13.0. The Balaban J connectivity index is 1.44. The topological polar surface area (TPSA) is 45.8 Å². The largest absolute Gasteiger partial charge is 0.335 e. The number of hydrogen-bond acceptors (Lipinski definition) is 2. The summed E-state index contributed by atoms with van der Waals surface area (Å²) in [4.78, 5) is 20.6. The zero-order valence-corrected chi connectivity index (χ0v) is 16.8. The minimum Gasteiger partial charge on any atom is -0.335 e. The molecule has 0 radical (unpaired) electrons. The fraction of sp³-hybridized carbons (Fsp3) is 0. The Morgan fingerprint density at radius 2 is 1.13 bits per heavy atom. The maximum absolute atomic E-state index is 13.0. The summed E-state index contributed by atoms with van der Waals surface area (Å²) in [6.45, 7) is 0. The Labute approximate surface area is 181 Å². The molecule has 0 unspecified atom stereocenters. The molecule has 0 spiro atoms. The van der Waals surface area contributed by atoms with Gasteiger partial charge in [0, 0.05) is 11.1 Å². The molecule has 1 aromatic heterocycles. The molecule has 0 saturated heterocycles. The van der Waals surface area contributed by atoms with E-state index in [1.54, 1.807) is 6.20 Å². The van der Waals surface area contributed by atoms with Crippen molar-refractivity contribution >= 4 is 5.78 Å². The van der Waals surface area contributed by atoms with Crippen LogP contribution in [-0.4, -0.2) is 15.8 Å². The fourth-order valence-electron chi connectivity index (χ4n) is 3.74. The lowest BCUT2D eigenvalue weighted by Gasteiger charge is -2.08. The van der Waals surface area contributed by atoms with Crippen LogP contribution in [0.1, 0.15) is 16.2 Å². The van der Waals surface area contributed by atoms with E-state index in [1.807, 2.05) is 78.9 Å². The molecule has 3 heteroatoms. The molecule has 0 aliphatic heterocycles. The molecule has 0 saturated carbocycles. The predicted molar refractivity (Wildman–Crippen MR) is 125 cm³/mol. The molecule has 31 heavy (non-hydrogen) atoms. The molecule has 0 aliphatic carbocycles. The lowest BCUT2D eigenvalue weighted by atomic mass is 9.98. The average Bonchev–Trinajstić information content (AvgIpc) is 3.35. The van der Waals surface area contributed by atoms with Gasteiger partial charge in [0.05, 0.1) is 11.9 Å². The molecule has 3 nitrogen and oxygen atoms in total. The predicted octanol–water partition coefficient (Wildman–Crippen LogP) is 6.64. The summed E-state index contributed by atoms with van der Waals surface area (Å²) >= 11 is 0. The Hall–Kier alpha value is -4.24. The summed E-state index contributed by atoms with van der Waals surface area (Å²) in [5, 5.41) is 0. The second-order valence-electron chi connectivity index (χ2n) is 7.33. The number of aromatic nitrogens is 2. The molecule has 5 rings (SSSR count). The number of imidazole rings is 1. The van der Waals surface area contributed by atoms with Crippen molar-refractivity contribution in [2.45, 2.75) is 0 Å². The molecule has 148 valence electrons. The van der Waals surface area contributed by atoms with Crippen LogP contribution >= 0.6 is 0 Å². The van der Waals surface area contributed by atoms with E-state index in [2.05, 4.69) is 40.3 Å². The van der Waals surface area contributed by atoms with Gasteiger partial charge in [0.25, 0.3) is 0 Å². The number of carbonyl (C=O) groups is 1. The van der Waals surface area contributed by atoms with Crippen molar-refractivity contribution in [2.75, 3.05) is 0 Å². The van der Waals surface area contributed by atoms with Gasteiger partial charge in [0.2, 0.25) is 5.78 Å². The van der Waals surface area contributed by atoms with Crippen LogP contribution in [0.5, 0.6) is 0 Å². The van der Waals surface area contributed by atoms with Gasteiger partial charge in [-0.1, -0.05) is 109 Å². The Morgan fingerprint density at radius 3 is 1.81 bits per heavy atom. The van der Waals surface area contributed by atoms with Gasteiger partial charge in [-0.3, -0.25) is 4.79 Å². The average molecular weight is 400 g/mol. The maximum Gasteiger partial charge on any atom is 0.228 e. The minimum atomic E-state index is -0.122. The summed E-state index contributed by atoms with van der Waals surface area (Å²) in [5.41, 5.74) is 6.86. The molecule has 0 bridgehead atoms. The van der Waals surface area contributed by atoms with Crippen LogP contribution in [0, 0.1) is 0 Å². The van der Waals surface area contributed by atoms with Crippen LogP contribution in [-0.2, 0) is 0 Å². The zero-order valence-electron chi connectivity index (χ0n) is 16.8. The minimum absolute atomic E-state index is 0.122. The van der Waals surface area contributed by atoms with E-state index in [0.29, 0.717) is 11.4 Å². The highest BCUT2D eigenvalue weighted by Gasteiger charge is 2.15. The third kappa shape index (κ3) is 3.81. The van der Waals surface area contributed by atoms with Gasteiger partial charge < -0.3 is 4.98 Å². The summed E-state index contributed by atoms with van der Waals surface area (Å²) in [6.07, 6.45) is 1.73. The molecular formula is C28H20N2O. The number of aromatic amines is 1. The fourth-order valence-corrected chi connectivity index (χ4v) is 3.74. The van der Waals surface area contributed by atoms with Crippen molar-refractivity contribution in [1.82, 2.24) is 9.97 Å². The molecule has 4 aromatic carbocycles. The van der Waals surface area contributed by atoms with E-state index in [-0.39, 0.29) is 5.78 Å². The number of rotatable bonds is 5. The van der Waals surface area contributed by atoms with Gasteiger partial charge in [0.15, 0.2) is 5.82 Å². The summed E-state index contributed by atoms with van der Waals surface area (Å²) in [6, 6.07) is 36.1. The van der Waals surface area contributed by atoms with Crippen molar-refractivity contribution in [3.63, 3.8) is 0 Å². The highest BCUT2D eigenvalue weighted by molar-refractivity contribution is 6.07. The SMILES string of the molecule is O=C(c1ccc(-c2ccccc2)cc1)c1ncc(-c2ccccc2-c2ccccc2)[nH]1. The van der Waals surface area contributed by atoms with Gasteiger partial charge in [0.1, 0.15) is 0 Å². The monoisotopic (exact) mass is 400 g/mol. The van der Waals surface area contributed by atoms with Crippen molar-refractivity contribution in [1.29, 1.82) is 0 Å². The highest BCUT2D eigenvalue weighted by atomic mass is 16.1. The van der Waals surface area contributed by atoms with Crippen LogP contribution < -0.4 is 0 Å². The molecule has 1 heterocycles. The van der Waals surface area contributed by atoms with Crippen LogP contribution in [0.3, 0.4) is 0 Å². The number of ketones is 1. The second kappa shape index (κ2) is 8.25. The summed E-state index contributed by atoms with van der Waals surface area (Å²) < 4.78 is 0. The Morgan fingerprint density at radius 1 is 0.581 bits per heavy atom.